The third kappa shape index (κ3) is 9.48. The van der Waals surface area contributed by atoms with Gasteiger partial charge >= 0.3 is 0 Å². The third-order valence-electron chi connectivity index (χ3n) is 1.56. The maximum absolute atomic E-state index is 2.25. The maximum atomic E-state index is 2.25. The quantitative estimate of drug-likeness (QED) is 0.397. The fourth-order valence-electron chi connectivity index (χ4n) is 0.838. The van der Waals surface area contributed by atoms with Crippen LogP contribution in [0.5, 0.6) is 0 Å². The molecule has 0 rings (SSSR count). The molecule has 11 heavy (non-hydrogen) atoms. The van der Waals surface area contributed by atoms with Gasteiger partial charge in [-0.25, -0.2) is 0 Å². The van der Waals surface area contributed by atoms with Crippen molar-refractivity contribution in [2.75, 3.05) is 0 Å². The zero-order chi connectivity index (χ0) is 8.36. The monoisotopic (exact) mass is 152 g/mol. The highest BCUT2D eigenvalue weighted by Crippen LogP contribution is 1.95. The van der Waals surface area contributed by atoms with E-state index >= 15 is 0 Å². The van der Waals surface area contributed by atoms with Gasteiger partial charge in [0.2, 0.25) is 0 Å². The Kier molecular flexibility index (Phi) is 9.03. The standard InChI is InChI=1S/C11H20/c1-3-5-7-9-11-10-8-6-4-2/h7,9-11H,3-6,8H2,1-2H3/b9-7?,11-10+. The SMILES string of the molecule is CCCC=C/C=C/CCCC. The Bertz CT molecular complexity index is 109. The molecule has 0 radical (unpaired) electrons. The van der Waals surface area contributed by atoms with Crippen LogP contribution in [0.4, 0.5) is 0 Å². The fourth-order valence-corrected chi connectivity index (χ4v) is 0.838. The molecular formula is C11H20. The lowest BCUT2D eigenvalue weighted by atomic mass is 10.2. The molecule has 0 aromatic carbocycles. The van der Waals surface area contributed by atoms with Crippen molar-refractivity contribution in [3.05, 3.63) is 24.3 Å². The first-order valence-corrected chi connectivity index (χ1v) is 4.73. The predicted octanol–water partition coefficient (Wildman–Crippen LogP) is 4.09. The second-order valence-corrected chi connectivity index (χ2v) is 2.79. The van der Waals surface area contributed by atoms with Gasteiger partial charge in [0.05, 0.1) is 0 Å². The molecule has 0 amide bonds. The van der Waals surface area contributed by atoms with Crippen molar-refractivity contribution in [3.63, 3.8) is 0 Å². The van der Waals surface area contributed by atoms with E-state index in [1.165, 1.54) is 32.1 Å². The van der Waals surface area contributed by atoms with E-state index in [-0.39, 0.29) is 0 Å². The largest absolute Gasteiger partial charge is 0.0846 e. The molecule has 0 aromatic rings. The summed E-state index contributed by atoms with van der Waals surface area (Å²) in [6, 6.07) is 0. The van der Waals surface area contributed by atoms with Crippen LogP contribution in [0.3, 0.4) is 0 Å². The average Bonchev–Trinajstić information content (AvgIpc) is 2.03. The molecule has 0 nitrogen and oxygen atoms in total. The molecule has 0 unspecified atom stereocenters. The van der Waals surface area contributed by atoms with Crippen LogP contribution in [-0.2, 0) is 0 Å². The van der Waals surface area contributed by atoms with Gasteiger partial charge in [-0.1, -0.05) is 57.4 Å². The molecule has 0 aliphatic heterocycles. The summed E-state index contributed by atoms with van der Waals surface area (Å²) >= 11 is 0. The molecule has 0 aliphatic carbocycles. The second kappa shape index (κ2) is 9.48. The summed E-state index contributed by atoms with van der Waals surface area (Å²) in [6.45, 7) is 4.42. The van der Waals surface area contributed by atoms with E-state index in [2.05, 4.69) is 38.2 Å². The minimum absolute atomic E-state index is 1.21. The molecule has 64 valence electrons. The zero-order valence-corrected chi connectivity index (χ0v) is 7.84. The molecular weight excluding hydrogens is 132 g/mol. The van der Waals surface area contributed by atoms with Crippen molar-refractivity contribution in [3.8, 4) is 0 Å². The van der Waals surface area contributed by atoms with Crippen LogP contribution in [0, 0.1) is 0 Å². The molecule has 0 heteroatoms. The van der Waals surface area contributed by atoms with Crippen LogP contribution in [0.2, 0.25) is 0 Å². The minimum atomic E-state index is 1.21. The molecule has 0 saturated carbocycles. The summed E-state index contributed by atoms with van der Waals surface area (Å²) in [5, 5.41) is 0. The minimum Gasteiger partial charge on any atom is -0.0846 e. The normalized spacial score (nSPS) is 11.8. The van der Waals surface area contributed by atoms with E-state index in [1.54, 1.807) is 0 Å². The lowest BCUT2D eigenvalue weighted by Gasteiger charge is -1.85. The fraction of sp³-hybridized carbons (Fsp3) is 0.636. The number of hydrogen-bond acceptors (Lipinski definition) is 0. The summed E-state index contributed by atoms with van der Waals surface area (Å²) in [7, 11) is 0. The van der Waals surface area contributed by atoms with E-state index in [0.717, 1.165) is 0 Å². The highest BCUT2D eigenvalue weighted by molar-refractivity contribution is 5.01. The number of hydrogen-bond donors (Lipinski definition) is 0. The molecule has 0 N–H and O–H groups in total. The van der Waals surface area contributed by atoms with Crippen molar-refractivity contribution in [2.24, 2.45) is 0 Å². The number of unbranched alkanes of at least 4 members (excludes halogenated alkanes) is 3. The molecule has 0 aliphatic rings. The second-order valence-electron chi connectivity index (χ2n) is 2.79. The number of allylic oxidation sites excluding steroid dienone is 4. The molecule has 0 fully saturated rings. The smallest absolute Gasteiger partial charge is 0.0348 e. The molecule has 0 saturated heterocycles. The molecule has 0 atom stereocenters. The van der Waals surface area contributed by atoms with E-state index < -0.39 is 0 Å². The van der Waals surface area contributed by atoms with Gasteiger partial charge in [0.25, 0.3) is 0 Å². The van der Waals surface area contributed by atoms with E-state index in [0.29, 0.717) is 0 Å². The van der Waals surface area contributed by atoms with Crippen molar-refractivity contribution in [1.29, 1.82) is 0 Å². The third-order valence-corrected chi connectivity index (χ3v) is 1.56. The first-order chi connectivity index (χ1) is 5.41. The molecule has 0 heterocycles. The molecule has 0 aromatic heterocycles. The van der Waals surface area contributed by atoms with Gasteiger partial charge < -0.3 is 0 Å². The predicted molar refractivity (Wildman–Crippen MR) is 52.7 cm³/mol. The van der Waals surface area contributed by atoms with Crippen LogP contribution < -0.4 is 0 Å². The van der Waals surface area contributed by atoms with Crippen LogP contribution in [-0.4, -0.2) is 0 Å². The maximum Gasteiger partial charge on any atom is -0.0348 e. The van der Waals surface area contributed by atoms with Gasteiger partial charge in [0, 0.05) is 0 Å². The Labute approximate surface area is 71.0 Å². The first kappa shape index (κ1) is 10.5. The summed E-state index contributed by atoms with van der Waals surface area (Å²) < 4.78 is 0. The Morgan fingerprint density at radius 1 is 0.818 bits per heavy atom. The van der Waals surface area contributed by atoms with Crippen molar-refractivity contribution < 1.29 is 0 Å². The van der Waals surface area contributed by atoms with E-state index in [4.69, 9.17) is 0 Å². The van der Waals surface area contributed by atoms with Crippen LogP contribution in [0.25, 0.3) is 0 Å². The van der Waals surface area contributed by atoms with Crippen LogP contribution in [0.1, 0.15) is 46.0 Å². The summed E-state index contributed by atoms with van der Waals surface area (Å²) in [5.74, 6) is 0. The lowest BCUT2D eigenvalue weighted by molar-refractivity contribution is 0.815. The van der Waals surface area contributed by atoms with Gasteiger partial charge in [-0.2, -0.15) is 0 Å². The van der Waals surface area contributed by atoms with Crippen molar-refractivity contribution >= 4 is 0 Å². The Morgan fingerprint density at radius 3 is 2.00 bits per heavy atom. The topological polar surface area (TPSA) is 0 Å². The van der Waals surface area contributed by atoms with Gasteiger partial charge in [-0.15, -0.1) is 0 Å². The molecule has 0 bridgehead atoms. The van der Waals surface area contributed by atoms with E-state index in [9.17, 15) is 0 Å². The van der Waals surface area contributed by atoms with Crippen LogP contribution in [0.15, 0.2) is 24.3 Å². The Morgan fingerprint density at radius 2 is 1.45 bits per heavy atom. The number of rotatable bonds is 6. The highest BCUT2D eigenvalue weighted by Gasteiger charge is 1.75. The molecule has 0 spiro atoms. The van der Waals surface area contributed by atoms with Gasteiger partial charge in [0.15, 0.2) is 0 Å². The van der Waals surface area contributed by atoms with Crippen molar-refractivity contribution in [1.82, 2.24) is 0 Å². The first-order valence-electron chi connectivity index (χ1n) is 4.73. The highest BCUT2D eigenvalue weighted by atomic mass is 13.8. The summed E-state index contributed by atoms with van der Waals surface area (Å²) in [6.07, 6.45) is 15.1. The van der Waals surface area contributed by atoms with Gasteiger partial charge in [-0.3, -0.25) is 0 Å². The lowest BCUT2D eigenvalue weighted by Crippen LogP contribution is -1.65. The Balaban J connectivity index is 3.14. The Hall–Kier alpha value is -0.520. The van der Waals surface area contributed by atoms with E-state index in [1.807, 2.05) is 0 Å². The van der Waals surface area contributed by atoms with Gasteiger partial charge in [0.1, 0.15) is 0 Å². The van der Waals surface area contributed by atoms with Gasteiger partial charge in [-0.05, 0) is 12.8 Å². The summed E-state index contributed by atoms with van der Waals surface area (Å²) in [4.78, 5) is 0. The van der Waals surface area contributed by atoms with Crippen molar-refractivity contribution in [2.45, 2.75) is 46.0 Å². The zero-order valence-electron chi connectivity index (χ0n) is 7.84. The van der Waals surface area contributed by atoms with Crippen LogP contribution >= 0.6 is 0 Å². The average molecular weight is 152 g/mol. The summed E-state index contributed by atoms with van der Waals surface area (Å²) in [5.41, 5.74) is 0.